The van der Waals surface area contributed by atoms with Crippen molar-refractivity contribution in [2.75, 3.05) is 20.3 Å². The highest BCUT2D eigenvalue weighted by atomic mass is 16.5. The van der Waals surface area contributed by atoms with Crippen molar-refractivity contribution in [3.8, 4) is 0 Å². The van der Waals surface area contributed by atoms with E-state index in [2.05, 4.69) is 33.2 Å². The fourth-order valence-electron chi connectivity index (χ4n) is 3.00. The van der Waals surface area contributed by atoms with Gasteiger partial charge in [0.1, 0.15) is 5.69 Å². The lowest BCUT2D eigenvalue weighted by Crippen LogP contribution is -2.36. The smallest absolute Gasteiger partial charge is 0.100 e. The van der Waals surface area contributed by atoms with Crippen LogP contribution in [-0.2, 0) is 24.4 Å². The highest BCUT2D eigenvalue weighted by Gasteiger charge is 2.30. The molecule has 0 unspecified atom stereocenters. The van der Waals surface area contributed by atoms with Gasteiger partial charge in [0.05, 0.1) is 18.0 Å². The maximum absolute atomic E-state index is 5.39. The van der Waals surface area contributed by atoms with E-state index >= 15 is 0 Å². The molecule has 0 saturated heterocycles. The first-order chi connectivity index (χ1) is 10.3. The van der Waals surface area contributed by atoms with Gasteiger partial charge in [-0.15, -0.1) is 5.10 Å². The molecule has 3 rings (SSSR count). The molecule has 1 aliphatic heterocycles. The van der Waals surface area contributed by atoms with E-state index in [1.807, 2.05) is 23.0 Å². The van der Waals surface area contributed by atoms with Crippen LogP contribution in [0.4, 0.5) is 0 Å². The largest absolute Gasteiger partial charge is 0.384 e. The van der Waals surface area contributed by atoms with E-state index < -0.39 is 0 Å². The third kappa shape index (κ3) is 2.96. The monoisotopic (exact) mass is 287 g/mol. The zero-order valence-electron chi connectivity index (χ0n) is 12.6. The van der Waals surface area contributed by atoms with Crippen LogP contribution in [0.2, 0.25) is 0 Å². The number of hydrogen-bond acceptors (Lipinski definition) is 5. The van der Waals surface area contributed by atoms with Gasteiger partial charge in [0.15, 0.2) is 0 Å². The van der Waals surface area contributed by atoms with Gasteiger partial charge in [-0.3, -0.25) is 9.88 Å². The van der Waals surface area contributed by atoms with Gasteiger partial charge in [-0.1, -0.05) is 11.3 Å². The molecular weight excluding hydrogens is 266 g/mol. The fraction of sp³-hybridized carbons (Fsp3) is 0.533. The molecule has 0 radical (unpaired) electrons. The van der Waals surface area contributed by atoms with Gasteiger partial charge in [0.2, 0.25) is 0 Å². The van der Waals surface area contributed by atoms with E-state index in [0.717, 1.165) is 37.6 Å². The van der Waals surface area contributed by atoms with Crippen LogP contribution in [0.15, 0.2) is 24.4 Å². The van der Waals surface area contributed by atoms with E-state index in [1.54, 1.807) is 7.11 Å². The summed E-state index contributed by atoms with van der Waals surface area (Å²) in [5.41, 5.74) is 3.39. The summed E-state index contributed by atoms with van der Waals surface area (Å²) < 4.78 is 7.39. The third-order valence-corrected chi connectivity index (χ3v) is 3.86. The minimum atomic E-state index is 0.317. The number of methoxy groups -OCH3 is 1. The average Bonchev–Trinajstić information content (AvgIpc) is 2.92. The van der Waals surface area contributed by atoms with Gasteiger partial charge in [-0.2, -0.15) is 0 Å². The van der Waals surface area contributed by atoms with Crippen LogP contribution in [0.3, 0.4) is 0 Å². The number of rotatable bonds is 5. The summed E-state index contributed by atoms with van der Waals surface area (Å²) in [6, 6.07) is 6.03. The number of nitrogens with zero attached hydrogens (tertiary/aromatic N) is 5. The van der Waals surface area contributed by atoms with Gasteiger partial charge in [-0.25, -0.2) is 4.68 Å². The van der Waals surface area contributed by atoms with Crippen LogP contribution in [0.1, 0.15) is 29.9 Å². The molecule has 1 aliphatic rings. The maximum Gasteiger partial charge on any atom is 0.100 e. The third-order valence-electron chi connectivity index (χ3n) is 3.86. The second kappa shape index (κ2) is 6.32. The summed E-state index contributed by atoms with van der Waals surface area (Å²) >= 11 is 0. The number of hydrogen-bond donors (Lipinski definition) is 0. The Kier molecular flexibility index (Phi) is 4.26. The number of aromatic nitrogens is 4. The molecule has 0 saturated carbocycles. The van der Waals surface area contributed by atoms with Gasteiger partial charge in [-0.05, 0) is 19.1 Å². The Morgan fingerprint density at radius 1 is 1.38 bits per heavy atom. The first kappa shape index (κ1) is 14.2. The summed E-state index contributed by atoms with van der Waals surface area (Å²) in [5, 5.41) is 8.61. The van der Waals surface area contributed by atoms with Crippen molar-refractivity contribution in [1.82, 2.24) is 24.9 Å². The van der Waals surface area contributed by atoms with Crippen LogP contribution in [0.25, 0.3) is 0 Å². The van der Waals surface area contributed by atoms with Gasteiger partial charge < -0.3 is 4.74 Å². The minimum Gasteiger partial charge on any atom is -0.384 e. The molecule has 3 heterocycles. The topological polar surface area (TPSA) is 56.1 Å². The highest BCUT2D eigenvalue weighted by Crippen LogP contribution is 2.27. The van der Waals surface area contributed by atoms with Crippen molar-refractivity contribution in [2.24, 2.45) is 0 Å². The Balaban J connectivity index is 1.81. The molecule has 2 aromatic rings. The molecule has 0 aliphatic carbocycles. The maximum atomic E-state index is 5.39. The van der Waals surface area contributed by atoms with E-state index in [0.29, 0.717) is 12.5 Å². The van der Waals surface area contributed by atoms with Gasteiger partial charge in [0.25, 0.3) is 0 Å². The first-order valence-electron chi connectivity index (χ1n) is 7.35. The summed E-state index contributed by atoms with van der Waals surface area (Å²) in [4.78, 5) is 6.77. The number of fused-ring (bicyclic) bond motifs is 1. The van der Waals surface area contributed by atoms with Crippen molar-refractivity contribution in [3.63, 3.8) is 0 Å². The van der Waals surface area contributed by atoms with Gasteiger partial charge in [0, 0.05) is 45.4 Å². The Morgan fingerprint density at radius 3 is 3.00 bits per heavy atom. The first-order valence-corrected chi connectivity index (χ1v) is 7.35. The summed E-state index contributed by atoms with van der Waals surface area (Å²) in [6.07, 6.45) is 1.84. The lowest BCUT2D eigenvalue weighted by molar-refractivity contribution is 0.131. The standard InChI is InChI=1S/C15H21N5O/c1-3-20-15-12(11-21-2)8-19(10-14(15)17-18-20)9-13-6-4-5-7-16-13/h4-7,12H,3,8-11H2,1-2H3/t12-/m0/s1. The Labute approximate surface area is 124 Å². The predicted molar refractivity (Wildman–Crippen MR) is 78.7 cm³/mol. The zero-order chi connectivity index (χ0) is 14.7. The molecular formula is C15H21N5O. The number of pyridine rings is 1. The molecule has 0 bridgehead atoms. The Bertz CT molecular complexity index is 583. The molecule has 112 valence electrons. The summed E-state index contributed by atoms with van der Waals surface area (Å²) in [7, 11) is 1.75. The fourth-order valence-corrected chi connectivity index (χ4v) is 3.00. The Morgan fingerprint density at radius 2 is 2.29 bits per heavy atom. The highest BCUT2D eigenvalue weighted by molar-refractivity contribution is 5.20. The second-order valence-corrected chi connectivity index (χ2v) is 5.38. The average molecular weight is 287 g/mol. The zero-order valence-corrected chi connectivity index (χ0v) is 12.6. The SMILES string of the molecule is CCn1nnc2c1[C@H](COC)CN(Cc1ccccn1)C2. The molecule has 21 heavy (non-hydrogen) atoms. The van der Waals surface area contributed by atoms with E-state index in [-0.39, 0.29) is 0 Å². The van der Waals surface area contributed by atoms with Crippen molar-refractivity contribution in [3.05, 3.63) is 41.5 Å². The predicted octanol–water partition coefficient (Wildman–Crippen LogP) is 1.44. The molecule has 6 heteroatoms. The lowest BCUT2D eigenvalue weighted by Gasteiger charge is -2.31. The van der Waals surface area contributed by atoms with E-state index in [1.165, 1.54) is 5.69 Å². The summed E-state index contributed by atoms with van der Waals surface area (Å²) in [6.45, 7) is 6.25. The Hall–Kier alpha value is -1.79. The molecule has 6 nitrogen and oxygen atoms in total. The van der Waals surface area contributed by atoms with Crippen molar-refractivity contribution < 1.29 is 4.74 Å². The van der Waals surface area contributed by atoms with E-state index in [9.17, 15) is 0 Å². The second-order valence-electron chi connectivity index (χ2n) is 5.38. The normalized spacial score (nSPS) is 18.7. The van der Waals surface area contributed by atoms with Crippen LogP contribution >= 0.6 is 0 Å². The molecule has 2 aromatic heterocycles. The molecule has 0 aromatic carbocycles. The number of ether oxygens (including phenoxy) is 1. The van der Waals surface area contributed by atoms with Crippen LogP contribution in [-0.4, -0.2) is 45.1 Å². The van der Waals surface area contributed by atoms with Crippen LogP contribution in [0, 0.1) is 0 Å². The van der Waals surface area contributed by atoms with Crippen LogP contribution in [0.5, 0.6) is 0 Å². The molecule has 0 spiro atoms. The molecule has 0 N–H and O–H groups in total. The molecule has 1 atom stereocenters. The lowest BCUT2D eigenvalue weighted by atomic mass is 9.98. The van der Waals surface area contributed by atoms with Crippen molar-refractivity contribution in [1.29, 1.82) is 0 Å². The molecule has 0 fully saturated rings. The van der Waals surface area contributed by atoms with Crippen molar-refractivity contribution in [2.45, 2.75) is 32.5 Å². The summed E-state index contributed by atoms with van der Waals surface area (Å²) in [5.74, 6) is 0.317. The van der Waals surface area contributed by atoms with E-state index in [4.69, 9.17) is 4.74 Å². The van der Waals surface area contributed by atoms with Crippen LogP contribution < -0.4 is 0 Å². The van der Waals surface area contributed by atoms with Gasteiger partial charge >= 0.3 is 0 Å². The minimum absolute atomic E-state index is 0.317. The quantitative estimate of drug-likeness (QED) is 0.833. The van der Waals surface area contributed by atoms with Crippen molar-refractivity contribution >= 4 is 0 Å². The molecule has 0 amide bonds. The number of aryl methyl sites for hydroxylation is 1.